The first-order chi connectivity index (χ1) is 8.26. The van der Waals surface area contributed by atoms with E-state index in [2.05, 4.69) is 13.8 Å². The Hall–Kier alpha value is -0.610. The van der Waals surface area contributed by atoms with Crippen LogP contribution in [0.4, 0.5) is 0 Å². The molecule has 102 valence electrons. The van der Waals surface area contributed by atoms with E-state index in [0.29, 0.717) is 19.6 Å². The maximum Gasteiger partial charge on any atom is 0.338 e. The van der Waals surface area contributed by atoms with E-state index in [1.165, 1.54) is 0 Å². The van der Waals surface area contributed by atoms with Crippen molar-refractivity contribution in [2.24, 2.45) is 0 Å². The summed E-state index contributed by atoms with van der Waals surface area (Å²) in [7, 11) is 0. The van der Waals surface area contributed by atoms with Gasteiger partial charge in [-0.1, -0.05) is 40.0 Å². The Morgan fingerprint density at radius 2 is 1.65 bits per heavy atom. The molecular formula is C13H26O4. The van der Waals surface area contributed by atoms with Crippen LogP contribution in [0, 0.1) is 0 Å². The van der Waals surface area contributed by atoms with E-state index in [9.17, 15) is 4.79 Å². The second-order valence-electron chi connectivity index (χ2n) is 4.07. The first-order valence-corrected chi connectivity index (χ1v) is 6.71. The smallest absolute Gasteiger partial charge is 0.338 e. The number of ether oxygens (including phenoxy) is 1. The molecule has 0 aromatic heterocycles. The summed E-state index contributed by atoms with van der Waals surface area (Å²) in [5, 5.41) is 0. The molecule has 0 rings (SSSR count). The molecule has 0 aliphatic rings. The zero-order valence-electron chi connectivity index (χ0n) is 11.4. The second kappa shape index (κ2) is 11.9. The van der Waals surface area contributed by atoms with Gasteiger partial charge in [-0.25, -0.2) is 14.6 Å². The zero-order valence-corrected chi connectivity index (χ0v) is 11.4. The number of carbonyl (C=O) groups excluding carboxylic acids is 1. The standard InChI is InChI=1S/C13H26O4/c1-4-7-10-15-13(14)12(9-6-3)17-16-11-8-5-2/h12H,4-11H2,1-3H3. The molecule has 0 radical (unpaired) electrons. The van der Waals surface area contributed by atoms with Crippen molar-refractivity contribution < 1.29 is 19.3 Å². The van der Waals surface area contributed by atoms with Gasteiger partial charge in [-0.05, 0) is 19.3 Å². The summed E-state index contributed by atoms with van der Waals surface area (Å²) >= 11 is 0. The average molecular weight is 246 g/mol. The number of esters is 1. The molecule has 0 aromatic rings. The molecule has 0 N–H and O–H groups in total. The van der Waals surface area contributed by atoms with Crippen LogP contribution in [0.1, 0.15) is 59.3 Å². The third-order valence-corrected chi connectivity index (χ3v) is 2.32. The maximum atomic E-state index is 11.6. The van der Waals surface area contributed by atoms with Crippen molar-refractivity contribution in [2.75, 3.05) is 13.2 Å². The molecule has 0 aliphatic heterocycles. The van der Waals surface area contributed by atoms with Crippen molar-refractivity contribution in [1.82, 2.24) is 0 Å². The predicted molar refractivity (Wildman–Crippen MR) is 66.5 cm³/mol. The Kier molecular flexibility index (Phi) is 11.4. The summed E-state index contributed by atoms with van der Waals surface area (Å²) in [5.41, 5.74) is 0. The molecule has 0 saturated heterocycles. The summed E-state index contributed by atoms with van der Waals surface area (Å²) < 4.78 is 5.11. The largest absolute Gasteiger partial charge is 0.464 e. The van der Waals surface area contributed by atoms with Crippen LogP contribution in [0.3, 0.4) is 0 Å². The molecule has 1 unspecified atom stereocenters. The van der Waals surface area contributed by atoms with Gasteiger partial charge in [0.2, 0.25) is 0 Å². The summed E-state index contributed by atoms with van der Waals surface area (Å²) in [6.07, 6.45) is 4.81. The topological polar surface area (TPSA) is 44.8 Å². The molecule has 4 nitrogen and oxygen atoms in total. The van der Waals surface area contributed by atoms with Crippen LogP contribution in [0.25, 0.3) is 0 Å². The Morgan fingerprint density at radius 1 is 1.00 bits per heavy atom. The second-order valence-corrected chi connectivity index (χ2v) is 4.07. The number of hydrogen-bond acceptors (Lipinski definition) is 4. The van der Waals surface area contributed by atoms with Crippen molar-refractivity contribution >= 4 is 5.97 Å². The minimum atomic E-state index is -0.575. The lowest BCUT2D eigenvalue weighted by Crippen LogP contribution is -2.27. The van der Waals surface area contributed by atoms with Crippen LogP contribution in [0.5, 0.6) is 0 Å². The predicted octanol–water partition coefficient (Wildman–Crippen LogP) is 3.25. The highest BCUT2D eigenvalue weighted by atomic mass is 17.2. The van der Waals surface area contributed by atoms with Crippen LogP contribution in [0.2, 0.25) is 0 Å². The van der Waals surface area contributed by atoms with Crippen LogP contribution in [-0.2, 0) is 19.3 Å². The molecule has 0 saturated carbocycles. The Labute approximate surface area is 105 Å². The third kappa shape index (κ3) is 9.12. The van der Waals surface area contributed by atoms with Gasteiger partial charge >= 0.3 is 5.97 Å². The van der Waals surface area contributed by atoms with Crippen LogP contribution in [0.15, 0.2) is 0 Å². The number of rotatable bonds is 11. The summed E-state index contributed by atoms with van der Waals surface area (Å²) in [6, 6.07) is 0. The van der Waals surface area contributed by atoms with Crippen molar-refractivity contribution in [3.8, 4) is 0 Å². The van der Waals surface area contributed by atoms with E-state index >= 15 is 0 Å². The fraction of sp³-hybridized carbons (Fsp3) is 0.923. The monoisotopic (exact) mass is 246 g/mol. The SMILES string of the molecule is CCCCOOC(CCC)C(=O)OCCCC. The Balaban J connectivity index is 3.81. The van der Waals surface area contributed by atoms with E-state index < -0.39 is 6.10 Å². The van der Waals surface area contributed by atoms with Gasteiger partial charge in [-0.2, -0.15) is 0 Å². The highest BCUT2D eigenvalue weighted by Crippen LogP contribution is 2.06. The molecular weight excluding hydrogens is 220 g/mol. The Morgan fingerprint density at radius 3 is 2.24 bits per heavy atom. The molecule has 0 aromatic carbocycles. The minimum absolute atomic E-state index is 0.309. The van der Waals surface area contributed by atoms with Gasteiger partial charge in [-0.3, -0.25) is 0 Å². The van der Waals surface area contributed by atoms with Gasteiger partial charge < -0.3 is 4.74 Å². The average Bonchev–Trinajstić information content (AvgIpc) is 2.33. The van der Waals surface area contributed by atoms with Crippen molar-refractivity contribution in [3.63, 3.8) is 0 Å². The van der Waals surface area contributed by atoms with E-state index in [-0.39, 0.29) is 5.97 Å². The van der Waals surface area contributed by atoms with Gasteiger partial charge in [0.15, 0.2) is 6.10 Å². The normalized spacial score (nSPS) is 12.4. The third-order valence-electron chi connectivity index (χ3n) is 2.32. The molecule has 0 spiro atoms. The lowest BCUT2D eigenvalue weighted by molar-refractivity contribution is -0.322. The molecule has 1 atom stereocenters. The van der Waals surface area contributed by atoms with Crippen molar-refractivity contribution in [1.29, 1.82) is 0 Å². The fourth-order valence-corrected chi connectivity index (χ4v) is 1.21. The number of unbranched alkanes of at least 4 members (excludes halogenated alkanes) is 2. The van der Waals surface area contributed by atoms with Gasteiger partial charge in [0.1, 0.15) is 0 Å². The highest BCUT2D eigenvalue weighted by Gasteiger charge is 2.20. The van der Waals surface area contributed by atoms with E-state index in [1.807, 2.05) is 6.92 Å². The van der Waals surface area contributed by atoms with Gasteiger partial charge in [0, 0.05) is 0 Å². The van der Waals surface area contributed by atoms with Crippen LogP contribution in [-0.4, -0.2) is 25.3 Å². The van der Waals surface area contributed by atoms with Gasteiger partial charge in [0.25, 0.3) is 0 Å². The molecule has 0 aliphatic carbocycles. The van der Waals surface area contributed by atoms with E-state index in [4.69, 9.17) is 14.5 Å². The number of carbonyl (C=O) groups is 1. The van der Waals surface area contributed by atoms with Gasteiger partial charge in [-0.15, -0.1) is 0 Å². The van der Waals surface area contributed by atoms with Crippen molar-refractivity contribution in [2.45, 2.75) is 65.4 Å². The van der Waals surface area contributed by atoms with Crippen LogP contribution >= 0.6 is 0 Å². The minimum Gasteiger partial charge on any atom is -0.464 e. The first kappa shape index (κ1) is 16.4. The number of hydrogen-bond donors (Lipinski definition) is 0. The Bertz CT molecular complexity index is 182. The zero-order chi connectivity index (χ0) is 12.9. The molecule has 17 heavy (non-hydrogen) atoms. The van der Waals surface area contributed by atoms with E-state index in [1.54, 1.807) is 0 Å². The summed E-state index contributed by atoms with van der Waals surface area (Å²) in [5.74, 6) is -0.309. The lowest BCUT2D eigenvalue weighted by atomic mass is 10.2. The molecule has 4 heteroatoms. The first-order valence-electron chi connectivity index (χ1n) is 6.71. The van der Waals surface area contributed by atoms with Crippen LogP contribution < -0.4 is 0 Å². The maximum absolute atomic E-state index is 11.6. The summed E-state index contributed by atoms with van der Waals surface area (Å²) in [4.78, 5) is 21.8. The van der Waals surface area contributed by atoms with Gasteiger partial charge in [0.05, 0.1) is 13.2 Å². The fourth-order valence-electron chi connectivity index (χ4n) is 1.21. The molecule has 0 amide bonds. The van der Waals surface area contributed by atoms with Crippen molar-refractivity contribution in [3.05, 3.63) is 0 Å². The van der Waals surface area contributed by atoms with E-state index in [0.717, 1.165) is 32.1 Å². The summed E-state index contributed by atoms with van der Waals surface area (Å²) in [6.45, 7) is 7.13. The molecule has 0 fully saturated rings. The molecule has 0 bridgehead atoms. The lowest BCUT2D eigenvalue weighted by Gasteiger charge is -2.14. The quantitative estimate of drug-likeness (QED) is 0.243. The highest BCUT2D eigenvalue weighted by molar-refractivity contribution is 5.74. The molecule has 0 heterocycles.